The molecule has 0 amide bonds. The molecule has 0 bridgehead atoms. The van der Waals surface area contributed by atoms with Gasteiger partial charge in [-0.15, -0.1) is 0 Å². The Morgan fingerprint density at radius 1 is 1.55 bits per heavy atom. The Balaban J connectivity index is 2.87. The number of aliphatic hydroxyl groups is 1. The van der Waals surface area contributed by atoms with E-state index in [2.05, 4.69) is 21.8 Å². The van der Waals surface area contributed by atoms with Gasteiger partial charge in [-0.2, -0.15) is 0 Å². The summed E-state index contributed by atoms with van der Waals surface area (Å²) in [5, 5.41) is 8.64. The average Bonchev–Trinajstić information content (AvgIpc) is 2.01. The minimum absolute atomic E-state index is 0.186. The first kappa shape index (κ1) is 7.99. The van der Waals surface area contributed by atoms with E-state index < -0.39 is 0 Å². The molecule has 1 aromatic rings. The predicted octanol–water partition coefficient (Wildman–Crippen LogP) is 0.474. The lowest BCUT2D eigenvalue weighted by molar-refractivity contribution is 0.350. The Hall–Kier alpha value is -1.11. The molecule has 0 saturated heterocycles. The molecule has 0 aliphatic carbocycles. The fraction of sp³-hybridized carbons (Fsp3) is 0.143. The molecule has 3 nitrogen and oxygen atoms in total. The second kappa shape index (κ2) is 3.91. The average molecular weight is 169 g/mol. The normalized spacial score (nSPS) is 8.55. The van der Waals surface area contributed by atoms with Crippen molar-refractivity contribution in [3.63, 3.8) is 0 Å². The smallest absolute Gasteiger partial charge is 0.148 e. The van der Waals surface area contributed by atoms with Crippen LogP contribution in [0.2, 0.25) is 5.15 Å². The van der Waals surface area contributed by atoms with Gasteiger partial charge in [0.05, 0.1) is 12.4 Å². The van der Waals surface area contributed by atoms with Gasteiger partial charge in [-0.3, -0.25) is 4.98 Å². The molecule has 0 aromatic carbocycles. The molecule has 11 heavy (non-hydrogen) atoms. The largest absolute Gasteiger partial charge is 0.384 e. The van der Waals surface area contributed by atoms with Gasteiger partial charge in [-0.05, 0) is 5.92 Å². The number of aliphatic hydroxyl groups excluding tert-OH is 1. The molecule has 4 heteroatoms. The van der Waals surface area contributed by atoms with Gasteiger partial charge in [0.25, 0.3) is 0 Å². The molecule has 1 rings (SSSR count). The third kappa shape index (κ3) is 2.54. The highest BCUT2D eigenvalue weighted by atomic mass is 35.5. The van der Waals surface area contributed by atoms with E-state index in [0.717, 1.165) is 0 Å². The van der Waals surface area contributed by atoms with E-state index in [-0.39, 0.29) is 6.61 Å². The molecule has 1 aromatic heterocycles. The molecule has 0 atom stereocenters. The third-order valence-electron chi connectivity index (χ3n) is 0.901. The van der Waals surface area contributed by atoms with E-state index in [1.807, 2.05) is 0 Å². The van der Waals surface area contributed by atoms with Crippen molar-refractivity contribution in [2.45, 2.75) is 0 Å². The van der Waals surface area contributed by atoms with Gasteiger partial charge in [0.1, 0.15) is 17.5 Å². The number of rotatable bonds is 0. The van der Waals surface area contributed by atoms with Crippen LogP contribution in [0.15, 0.2) is 12.4 Å². The highest BCUT2D eigenvalue weighted by Gasteiger charge is 1.89. The molecule has 0 radical (unpaired) electrons. The molecular weight excluding hydrogens is 164 g/mol. The van der Waals surface area contributed by atoms with Crippen molar-refractivity contribution in [1.29, 1.82) is 0 Å². The summed E-state index contributed by atoms with van der Waals surface area (Å²) < 4.78 is 0. The monoisotopic (exact) mass is 168 g/mol. The Morgan fingerprint density at radius 3 is 3.00 bits per heavy atom. The zero-order valence-corrected chi connectivity index (χ0v) is 6.34. The third-order valence-corrected chi connectivity index (χ3v) is 1.08. The first-order chi connectivity index (χ1) is 5.33. The van der Waals surface area contributed by atoms with E-state index in [1.54, 1.807) is 0 Å². The van der Waals surface area contributed by atoms with Crippen LogP contribution < -0.4 is 0 Å². The fourth-order valence-corrected chi connectivity index (χ4v) is 0.680. The van der Waals surface area contributed by atoms with Crippen molar-refractivity contribution < 1.29 is 5.11 Å². The van der Waals surface area contributed by atoms with Crippen LogP contribution >= 0.6 is 11.6 Å². The quantitative estimate of drug-likeness (QED) is 0.573. The zero-order valence-electron chi connectivity index (χ0n) is 5.58. The summed E-state index contributed by atoms with van der Waals surface area (Å²) in [7, 11) is 0. The van der Waals surface area contributed by atoms with Gasteiger partial charge in [0.15, 0.2) is 0 Å². The second-order valence-corrected chi connectivity index (χ2v) is 2.07. The summed E-state index contributed by atoms with van der Waals surface area (Å²) >= 11 is 5.52. The Morgan fingerprint density at radius 2 is 2.36 bits per heavy atom. The fourth-order valence-electron chi connectivity index (χ4n) is 0.532. The molecule has 56 valence electrons. The van der Waals surface area contributed by atoms with Crippen LogP contribution in [0.1, 0.15) is 5.69 Å². The summed E-state index contributed by atoms with van der Waals surface area (Å²) in [4.78, 5) is 7.59. The van der Waals surface area contributed by atoms with Crippen LogP contribution in [0.4, 0.5) is 0 Å². The lowest BCUT2D eigenvalue weighted by Gasteiger charge is -1.87. The highest BCUT2D eigenvalue weighted by Crippen LogP contribution is 2.00. The number of hydrogen-bond donors (Lipinski definition) is 1. The van der Waals surface area contributed by atoms with Gasteiger partial charge >= 0.3 is 0 Å². The van der Waals surface area contributed by atoms with Crippen LogP contribution in [0.5, 0.6) is 0 Å². The Kier molecular flexibility index (Phi) is 2.84. The SMILES string of the molecule is OCC#Cc1cncc(Cl)n1. The van der Waals surface area contributed by atoms with Crippen molar-refractivity contribution in [1.82, 2.24) is 9.97 Å². The second-order valence-electron chi connectivity index (χ2n) is 1.69. The number of nitrogens with zero attached hydrogens (tertiary/aromatic N) is 2. The maximum atomic E-state index is 8.34. The minimum Gasteiger partial charge on any atom is -0.384 e. The summed E-state index contributed by atoms with van der Waals surface area (Å²) in [5.41, 5.74) is 0.464. The first-order valence-electron chi connectivity index (χ1n) is 2.90. The molecule has 1 N–H and O–H groups in total. The first-order valence-corrected chi connectivity index (χ1v) is 3.28. The van der Waals surface area contributed by atoms with Gasteiger partial charge in [-0.25, -0.2) is 4.98 Å². The lowest BCUT2D eigenvalue weighted by atomic mass is 10.4. The highest BCUT2D eigenvalue weighted by molar-refractivity contribution is 6.29. The number of hydrogen-bond acceptors (Lipinski definition) is 3. The van der Waals surface area contributed by atoms with Crippen LogP contribution in [-0.2, 0) is 0 Å². The van der Waals surface area contributed by atoms with E-state index in [0.29, 0.717) is 10.8 Å². The van der Waals surface area contributed by atoms with E-state index in [9.17, 15) is 0 Å². The summed E-state index contributed by atoms with van der Waals surface area (Å²) in [5.74, 6) is 5.01. The molecule has 1 heterocycles. The summed E-state index contributed by atoms with van der Waals surface area (Å²) in [6.45, 7) is -0.186. The molecule has 0 unspecified atom stereocenters. The molecule has 0 saturated carbocycles. The van der Waals surface area contributed by atoms with Gasteiger partial charge < -0.3 is 5.11 Å². The number of aromatic nitrogens is 2. The molecule has 0 fully saturated rings. The van der Waals surface area contributed by atoms with Crippen molar-refractivity contribution in [3.05, 3.63) is 23.2 Å². The van der Waals surface area contributed by atoms with Gasteiger partial charge in [0.2, 0.25) is 0 Å². The van der Waals surface area contributed by atoms with Crippen LogP contribution in [0.3, 0.4) is 0 Å². The maximum absolute atomic E-state index is 8.34. The maximum Gasteiger partial charge on any atom is 0.148 e. The minimum atomic E-state index is -0.186. The van der Waals surface area contributed by atoms with E-state index in [4.69, 9.17) is 16.7 Å². The Labute approximate surface area is 69.1 Å². The molecule has 0 aliphatic rings. The molecular formula is C7H5ClN2O. The van der Waals surface area contributed by atoms with Gasteiger partial charge in [0, 0.05) is 0 Å². The number of halogens is 1. The zero-order chi connectivity index (χ0) is 8.10. The van der Waals surface area contributed by atoms with Gasteiger partial charge in [-0.1, -0.05) is 17.5 Å². The standard InChI is InChI=1S/C7H5ClN2O/c8-7-5-9-4-6(10-7)2-1-3-11/h4-5,11H,3H2. The van der Waals surface area contributed by atoms with E-state index in [1.165, 1.54) is 12.4 Å². The lowest BCUT2D eigenvalue weighted by Crippen LogP contribution is -1.85. The Bertz CT molecular complexity index is 303. The van der Waals surface area contributed by atoms with Crippen LogP contribution in [0.25, 0.3) is 0 Å². The van der Waals surface area contributed by atoms with E-state index >= 15 is 0 Å². The van der Waals surface area contributed by atoms with Crippen molar-refractivity contribution in [3.8, 4) is 11.8 Å². The topological polar surface area (TPSA) is 46.0 Å². The predicted molar refractivity (Wildman–Crippen MR) is 41.0 cm³/mol. The van der Waals surface area contributed by atoms with Crippen molar-refractivity contribution in [2.24, 2.45) is 0 Å². The van der Waals surface area contributed by atoms with Crippen molar-refractivity contribution in [2.75, 3.05) is 6.61 Å². The molecule has 0 aliphatic heterocycles. The molecule has 0 spiro atoms. The van der Waals surface area contributed by atoms with Crippen LogP contribution in [-0.4, -0.2) is 21.7 Å². The van der Waals surface area contributed by atoms with Crippen LogP contribution in [0, 0.1) is 11.8 Å². The van der Waals surface area contributed by atoms with Crippen molar-refractivity contribution >= 4 is 11.6 Å². The summed E-state index contributed by atoms with van der Waals surface area (Å²) in [6.07, 6.45) is 2.90. The summed E-state index contributed by atoms with van der Waals surface area (Å²) in [6, 6.07) is 0.